The lowest BCUT2D eigenvalue weighted by Crippen LogP contribution is -1.86. The van der Waals surface area contributed by atoms with Gasteiger partial charge in [-0.1, -0.05) is 0 Å². The van der Waals surface area contributed by atoms with Crippen molar-refractivity contribution in [1.82, 2.24) is 9.97 Å². The Labute approximate surface area is 49.7 Å². The van der Waals surface area contributed by atoms with E-state index in [4.69, 9.17) is 0 Å². The molecule has 0 fully saturated rings. The van der Waals surface area contributed by atoms with Crippen molar-refractivity contribution in [2.45, 2.75) is 0 Å². The first-order valence-electron chi connectivity index (χ1n) is 1.92. The number of hydrogen-bond donors (Lipinski definition) is 0. The molecule has 0 atom stereocenters. The predicted molar refractivity (Wildman–Crippen MR) is 25.6 cm³/mol. The highest BCUT2D eigenvalue weighted by Crippen LogP contribution is 1.90. The Kier molecular flexibility index (Phi) is 2.66. The van der Waals surface area contributed by atoms with E-state index in [0.29, 0.717) is 6.07 Å². The van der Waals surface area contributed by atoms with E-state index in [1.54, 1.807) is 0 Å². The van der Waals surface area contributed by atoms with Gasteiger partial charge in [0.1, 0.15) is 6.33 Å². The third-order valence-corrected chi connectivity index (χ3v) is 0.600. The van der Waals surface area contributed by atoms with Gasteiger partial charge in [-0.15, -0.1) is 0 Å². The van der Waals surface area contributed by atoms with E-state index in [1.165, 1.54) is 0 Å². The summed E-state index contributed by atoms with van der Waals surface area (Å²) in [5.41, 5.74) is 0. The lowest BCUT2D eigenvalue weighted by molar-refractivity contribution is 0.525. The molecule has 0 unspecified atom stereocenters. The number of hydrogen-bond acceptors (Lipinski definition) is 2. The van der Waals surface area contributed by atoms with Crippen LogP contribution in [0.4, 0.5) is 8.78 Å². The SMILES string of the molecule is Fc1cc(F)ncn1.O. The van der Waals surface area contributed by atoms with Crippen LogP contribution in [0.5, 0.6) is 0 Å². The molecule has 0 amide bonds. The largest absolute Gasteiger partial charge is 0.412 e. The van der Waals surface area contributed by atoms with Gasteiger partial charge in [-0.2, -0.15) is 8.78 Å². The maximum absolute atomic E-state index is 11.8. The zero-order valence-corrected chi connectivity index (χ0v) is 4.31. The summed E-state index contributed by atoms with van der Waals surface area (Å²) < 4.78 is 23.6. The third kappa shape index (κ3) is 2.09. The molecular formula is C4H4F2N2O. The van der Waals surface area contributed by atoms with Crippen LogP contribution in [0.2, 0.25) is 0 Å². The molecule has 0 aromatic carbocycles. The topological polar surface area (TPSA) is 57.3 Å². The molecule has 9 heavy (non-hydrogen) atoms. The zero-order valence-electron chi connectivity index (χ0n) is 4.31. The first-order valence-corrected chi connectivity index (χ1v) is 1.92. The molecule has 1 aromatic heterocycles. The standard InChI is InChI=1S/C4H2F2N2.H2O/c5-3-1-4(6)8-2-7-3;/h1-2H;1H2. The average Bonchev–Trinajstić information content (AvgIpc) is 1.64. The molecule has 0 bridgehead atoms. The molecule has 1 rings (SSSR count). The van der Waals surface area contributed by atoms with Crippen LogP contribution in [0.25, 0.3) is 0 Å². The van der Waals surface area contributed by atoms with Crippen molar-refractivity contribution in [3.05, 3.63) is 24.3 Å². The molecule has 0 aliphatic heterocycles. The highest BCUT2D eigenvalue weighted by Gasteiger charge is 1.91. The van der Waals surface area contributed by atoms with Gasteiger partial charge in [-0.05, 0) is 0 Å². The van der Waals surface area contributed by atoms with Crippen molar-refractivity contribution < 1.29 is 14.3 Å². The van der Waals surface area contributed by atoms with Crippen LogP contribution in [0.1, 0.15) is 0 Å². The lowest BCUT2D eigenvalue weighted by atomic mass is 10.6. The molecule has 0 spiro atoms. The van der Waals surface area contributed by atoms with Gasteiger partial charge < -0.3 is 5.48 Å². The van der Waals surface area contributed by atoms with Crippen molar-refractivity contribution in [2.24, 2.45) is 0 Å². The van der Waals surface area contributed by atoms with Crippen LogP contribution >= 0.6 is 0 Å². The summed E-state index contributed by atoms with van der Waals surface area (Å²) in [6.07, 6.45) is 0.824. The Morgan fingerprint density at radius 1 is 1.11 bits per heavy atom. The van der Waals surface area contributed by atoms with Crippen LogP contribution in [0.3, 0.4) is 0 Å². The number of halogens is 2. The Morgan fingerprint density at radius 2 is 1.56 bits per heavy atom. The zero-order chi connectivity index (χ0) is 5.98. The predicted octanol–water partition coefficient (Wildman–Crippen LogP) is -0.0699. The molecule has 2 N–H and O–H groups in total. The van der Waals surface area contributed by atoms with Gasteiger partial charge in [0.05, 0.1) is 0 Å². The molecule has 1 heterocycles. The summed E-state index contributed by atoms with van der Waals surface area (Å²) in [6.45, 7) is 0. The Balaban J connectivity index is 0.000000640. The number of rotatable bonds is 0. The number of nitrogens with zero attached hydrogens (tertiary/aromatic N) is 2. The molecule has 0 aliphatic rings. The van der Waals surface area contributed by atoms with E-state index in [2.05, 4.69) is 9.97 Å². The Bertz CT molecular complexity index is 176. The molecule has 0 radical (unpaired) electrons. The fourth-order valence-corrected chi connectivity index (χ4v) is 0.312. The maximum atomic E-state index is 11.8. The molecular weight excluding hydrogens is 130 g/mol. The number of aromatic nitrogens is 2. The van der Waals surface area contributed by atoms with Crippen LogP contribution in [0, 0.1) is 11.9 Å². The second-order valence-corrected chi connectivity index (χ2v) is 1.16. The molecule has 0 saturated heterocycles. The van der Waals surface area contributed by atoms with Gasteiger partial charge >= 0.3 is 0 Å². The summed E-state index contributed by atoms with van der Waals surface area (Å²) in [6, 6.07) is 0.611. The van der Waals surface area contributed by atoms with E-state index in [0.717, 1.165) is 6.33 Å². The molecule has 1 aromatic rings. The summed E-state index contributed by atoms with van der Waals surface area (Å²) in [5.74, 6) is -1.70. The van der Waals surface area contributed by atoms with Gasteiger partial charge in [0, 0.05) is 6.07 Å². The molecule has 3 nitrogen and oxygen atoms in total. The summed E-state index contributed by atoms with van der Waals surface area (Å²) in [5, 5.41) is 0. The lowest BCUT2D eigenvalue weighted by Gasteiger charge is -1.82. The molecule has 0 aliphatic carbocycles. The third-order valence-electron chi connectivity index (χ3n) is 0.600. The highest BCUT2D eigenvalue weighted by molar-refractivity contribution is 4.82. The Hall–Kier alpha value is -1.10. The summed E-state index contributed by atoms with van der Waals surface area (Å²) >= 11 is 0. The molecule has 50 valence electrons. The summed E-state index contributed by atoms with van der Waals surface area (Å²) in [7, 11) is 0. The van der Waals surface area contributed by atoms with Gasteiger partial charge in [-0.25, -0.2) is 9.97 Å². The van der Waals surface area contributed by atoms with Crippen molar-refractivity contribution in [1.29, 1.82) is 0 Å². The normalized spacial score (nSPS) is 8.22. The van der Waals surface area contributed by atoms with Crippen molar-refractivity contribution in [3.8, 4) is 0 Å². The quantitative estimate of drug-likeness (QED) is 0.466. The highest BCUT2D eigenvalue weighted by atomic mass is 19.1. The van der Waals surface area contributed by atoms with Gasteiger partial charge in [0.15, 0.2) is 0 Å². The first kappa shape index (κ1) is 7.90. The van der Waals surface area contributed by atoms with E-state index in [9.17, 15) is 8.78 Å². The smallest absolute Gasteiger partial charge is 0.218 e. The maximum Gasteiger partial charge on any atom is 0.218 e. The fourth-order valence-electron chi connectivity index (χ4n) is 0.312. The van der Waals surface area contributed by atoms with Crippen molar-refractivity contribution >= 4 is 0 Å². The second kappa shape index (κ2) is 3.03. The van der Waals surface area contributed by atoms with Crippen LogP contribution in [-0.2, 0) is 0 Å². The van der Waals surface area contributed by atoms with Crippen LogP contribution in [-0.4, -0.2) is 15.4 Å². The minimum absolute atomic E-state index is 0. The van der Waals surface area contributed by atoms with Gasteiger partial charge in [0.25, 0.3) is 0 Å². The molecule has 0 saturated carbocycles. The van der Waals surface area contributed by atoms with Crippen LogP contribution in [0.15, 0.2) is 12.4 Å². The second-order valence-electron chi connectivity index (χ2n) is 1.16. The van der Waals surface area contributed by atoms with E-state index < -0.39 is 11.9 Å². The average molecular weight is 134 g/mol. The van der Waals surface area contributed by atoms with E-state index in [-0.39, 0.29) is 5.48 Å². The van der Waals surface area contributed by atoms with E-state index in [1.807, 2.05) is 0 Å². The Morgan fingerprint density at radius 3 is 1.78 bits per heavy atom. The minimum atomic E-state index is -0.850. The minimum Gasteiger partial charge on any atom is -0.412 e. The first-order chi connectivity index (χ1) is 3.79. The van der Waals surface area contributed by atoms with E-state index >= 15 is 0 Å². The monoisotopic (exact) mass is 134 g/mol. The van der Waals surface area contributed by atoms with Crippen molar-refractivity contribution in [2.75, 3.05) is 0 Å². The summed E-state index contributed by atoms with van der Waals surface area (Å²) in [4.78, 5) is 6.04. The fraction of sp³-hybridized carbons (Fsp3) is 0. The van der Waals surface area contributed by atoms with Gasteiger partial charge in [-0.3, -0.25) is 0 Å². The van der Waals surface area contributed by atoms with Crippen molar-refractivity contribution in [3.63, 3.8) is 0 Å². The van der Waals surface area contributed by atoms with Crippen LogP contribution < -0.4 is 0 Å². The van der Waals surface area contributed by atoms with Gasteiger partial charge in [0.2, 0.25) is 11.9 Å². The molecule has 5 heteroatoms.